The number of hydrogen-bond acceptors (Lipinski definition) is 4. The van der Waals surface area contributed by atoms with Gasteiger partial charge >= 0.3 is 5.97 Å². The van der Waals surface area contributed by atoms with Gasteiger partial charge in [0.05, 0.1) is 5.92 Å². The summed E-state index contributed by atoms with van der Waals surface area (Å²) in [4.78, 5) is 38.6. The zero-order valence-corrected chi connectivity index (χ0v) is 17.2. The van der Waals surface area contributed by atoms with E-state index >= 15 is 0 Å². The summed E-state index contributed by atoms with van der Waals surface area (Å²) >= 11 is 0. The molecule has 1 aliphatic rings. The predicted octanol–water partition coefficient (Wildman–Crippen LogP) is 3.46. The Bertz CT molecular complexity index is 927. The second-order valence-electron chi connectivity index (χ2n) is 7.67. The zero-order valence-electron chi connectivity index (χ0n) is 17.2. The van der Waals surface area contributed by atoms with E-state index in [9.17, 15) is 14.4 Å². The number of carbonyl (C=O) groups excluding carboxylic acids is 3. The van der Waals surface area contributed by atoms with Crippen molar-refractivity contribution in [2.45, 2.75) is 34.1 Å². The Hall–Kier alpha value is -3.15. The van der Waals surface area contributed by atoms with Crippen molar-refractivity contribution in [2.24, 2.45) is 5.92 Å². The molecule has 1 N–H and O–H groups in total. The SMILES string of the molecule is Cc1cc(C)cc(N2C[C@H](C(=O)OCC(=O)Nc3c(C)cccc3C)CC2=O)c1. The number of hydrogen-bond donors (Lipinski definition) is 1. The highest BCUT2D eigenvalue weighted by Crippen LogP contribution is 2.27. The molecule has 0 aliphatic carbocycles. The first-order chi connectivity index (χ1) is 13.7. The fourth-order valence-corrected chi connectivity index (χ4v) is 3.66. The van der Waals surface area contributed by atoms with Crippen LogP contribution in [0.1, 0.15) is 28.7 Å². The molecule has 1 aliphatic heterocycles. The van der Waals surface area contributed by atoms with Gasteiger partial charge in [0.2, 0.25) is 5.91 Å². The van der Waals surface area contributed by atoms with E-state index in [0.29, 0.717) is 0 Å². The van der Waals surface area contributed by atoms with Crippen LogP contribution in [-0.4, -0.2) is 30.9 Å². The number of esters is 1. The van der Waals surface area contributed by atoms with Crippen LogP contribution >= 0.6 is 0 Å². The Morgan fingerprint density at radius 3 is 2.31 bits per heavy atom. The summed E-state index contributed by atoms with van der Waals surface area (Å²) in [5, 5.41) is 2.79. The van der Waals surface area contributed by atoms with Gasteiger partial charge in [-0.2, -0.15) is 0 Å². The van der Waals surface area contributed by atoms with E-state index in [1.54, 1.807) is 4.90 Å². The summed E-state index contributed by atoms with van der Waals surface area (Å²) in [6.45, 7) is 7.63. The molecule has 0 bridgehead atoms. The molecule has 0 spiro atoms. The van der Waals surface area contributed by atoms with E-state index in [1.165, 1.54) is 0 Å². The molecule has 1 saturated heterocycles. The first-order valence-electron chi connectivity index (χ1n) is 9.66. The number of nitrogens with one attached hydrogen (secondary N) is 1. The normalized spacial score (nSPS) is 16.1. The summed E-state index contributed by atoms with van der Waals surface area (Å²) in [7, 11) is 0. The van der Waals surface area contributed by atoms with Crippen LogP contribution < -0.4 is 10.2 Å². The number of carbonyl (C=O) groups is 3. The minimum absolute atomic E-state index is 0.0876. The average Bonchev–Trinajstić information content (AvgIpc) is 3.04. The Morgan fingerprint density at radius 2 is 1.69 bits per heavy atom. The van der Waals surface area contributed by atoms with Crippen LogP contribution in [0.4, 0.5) is 11.4 Å². The van der Waals surface area contributed by atoms with Crippen LogP contribution in [0.5, 0.6) is 0 Å². The van der Waals surface area contributed by atoms with Crippen LogP contribution in [0, 0.1) is 33.6 Å². The van der Waals surface area contributed by atoms with Crippen molar-refractivity contribution in [3.05, 3.63) is 58.7 Å². The van der Waals surface area contributed by atoms with E-state index in [-0.39, 0.29) is 25.5 Å². The van der Waals surface area contributed by atoms with Crippen LogP contribution in [0.15, 0.2) is 36.4 Å². The molecule has 0 aromatic heterocycles. The third-order valence-electron chi connectivity index (χ3n) is 5.07. The number of amides is 2. The summed E-state index contributed by atoms with van der Waals surface area (Å²) in [5.41, 5.74) is 5.51. The third-order valence-corrected chi connectivity index (χ3v) is 5.07. The quantitative estimate of drug-likeness (QED) is 0.788. The summed E-state index contributed by atoms with van der Waals surface area (Å²) in [6, 6.07) is 11.6. The third kappa shape index (κ3) is 4.83. The Morgan fingerprint density at radius 1 is 1.07 bits per heavy atom. The van der Waals surface area contributed by atoms with Crippen LogP contribution in [-0.2, 0) is 19.1 Å². The molecule has 0 radical (unpaired) electrons. The Labute approximate surface area is 170 Å². The lowest BCUT2D eigenvalue weighted by Crippen LogP contribution is -2.28. The summed E-state index contributed by atoms with van der Waals surface area (Å²) < 4.78 is 5.19. The van der Waals surface area contributed by atoms with E-state index in [0.717, 1.165) is 33.6 Å². The van der Waals surface area contributed by atoms with Crippen molar-refractivity contribution in [2.75, 3.05) is 23.4 Å². The zero-order chi connectivity index (χ0) is 21.1. The fourth-order valence-electron chi connectivity index (χ4n) is 3.66. The molecule has 1 atom stereocenters. The van der Waals surface area contributed by atoms with Gasteiger partial charge in [-0.15, -0.1) is 0 Å². The minimum Gasteiger partial charge on any atom is -0.455 e. The van der Waals surface area contributed by atoms with Crippen molar-refractivity contribution in [1.82, 2.24) is 0 Å². The summed E-state index contributed by atoms with van der Waals surface area (Å²) in [5.74, 6) is -1.61. The van der Waals surface area contributed by atoms with Gasteiger partial charge in [0, 0.05) is 24.3 Å². The number of para-hydroxylation sites is 1. The highest BCUT2D eigenvalue weighted by molar-refractivity contribution is 6.00. The maximum Gasteiger partial charge on any atom is 0.311 e. The topological polar surface area (TPSA) is 75.7 Å². The molecule has 1 fully saturated rings. The van der Waals surface area contributed by atoms with E-state index in [1.807, 2.05) is 64.1 Å². The monoisotopic (exact) mass is 394 g/mol. The largest absolute Gasteiger partial charge is 0.455 e. The van der Waals surface area contributed by atoms with E-state index in [4.69, 9.17) is 4.74 Å². The highest BCUT2D eigenvalue weighted by atomic mass is 16.5. The molecule has 6 heteroatoms. The minimum atomic E-state index is -0.573. The maximum atomic E-state index is 12.4. The number of ether oxygens (including phenoxy) is 1. The molecular weight excluding hydrogens is 368 g/mol. The van der Waals surface area contributed by atoms with Gasteiger partial charge in [-0.25, -0.2) is 0 Å². The highest BCUT2D eigenvalue weighted by Gasteiger charge is 2.36. The van der Waals surface area contributed by atoms with Gasteiger partial charge < -0.3 is 15.0 Å². The molecule has 3 rings (SSSR count). The maximum absolute atomic E-state index is 12.4. The van der Waals surface area contributed by atoms with Gasteiger partial charge in [0.15, 0.2) is 6.61 Å². The molecule has 2 aromatic carbocycles. The smallest absolute Gasteiger partial charge is 0.311 e. The molecule has 0 saturated carbocycles. The van der Waals surface area contributed by atoms with Gasteiger partial charge in [-0.1, -0.05) is 24.3 Å². The van der Waals surface area contributed by atoms with Crippen LogP contribution in [0.2, 0.25) is 0 Å². The van der Waals surface area contributed by atoms with Gasteiger partial charge in [0.25, 0.3) is 5.91 Å². The number of rotatable bonds is 5. The molecular formula is C23H26N2O4. The average molecular weight is 394 g/mol. The lowest BCUT2D eigenvalue weighted by molar-refractivity contribution is -0.151. The number of nitrogens with zero attached hydrogens (tertiary/aromatic N) is 1. The lowest BCUT2D eigenvalue weighted by Gasteiger charge is -2.18. The molecule has 2 amide bonds. The van der Waals surface area contributed by atoms with Crippen molar-refractivity contribution in [3.63, 3.8) is 0 Å². The van der Waals surface area contributed by atoms with E-state index in [2.05, 4.69) is 5.32 Å². The summed E-state index contributed by atoms with van der Waals surface area (Å²) in [6.07, 6.45) is 0.0876. The molecule has 2 aromatic rings. The van der Waals surface area contributed by atoms with E-state index < -0.39 is 17.8 Å². The van der Waals surface area contributed by atoms with Crippen molar-refractivity contribution in [3.8, 4) is 0 Å². The first kappa shape index (κ1) is 20.6. The Kier molecular flexibility index (Phi) is 6.01. The van der Waals surface area contributed by atoms with Gasteiger partial charge in [0.1, 0.15) is 0 Å². The number of anilines is 2. The van der Waals surface area contributed by atoms with Crippen molar-refractivity contribution >= 4 is 29.2 Å². The van der Waals surface area contributed by atoms with Gasteiger partial charge in [-0.3, -0.25) is 14.4 Å². The van der Waals surface area contributed by atoms with Gasteiger partial charge in [-0.05, 0) is 62.1 Å². The molecule has 1 heterocycles. The number of benzene rings is 2. The Balaban J connectivity index is 1.57. The second kappa shape index (κ2) is 8.47. The predicted molar refractivity (Wildman–Crippen MR) is 112 cm³/mol. The standard InChI is InChI=1S/C23H26N2O4/c1-14-8-15(2)10-19(9-14)25-12-18(11-21(25)27)23(28)29-13-20(26)24-22-16(3)6-5-7-17(22)4/h5-10,18H,11-13H2,1-4H3,(H,24,26)/t18-/m1/s1. The fraction of sp³-hybridized carbons (Fsp3) is 0.348. The van der Waals surface area contributed by atoms with Crippen molar-refractivity contribution < 1.29 is 19.1 Å². The molecule has 0 unspecified atom stereocenters. The number of aryl methyl sites for hydroxylation is 4. The lowest BCUT2D eigenvalue weighted by atomic mass is 10.1. The molecule has 6 nitrogen and oxygen atoms in total. The molecule has 29 heavy (non-hydrogen) atoms. The van der Waals surface area contributed by atoms with Crippen LogP contribution in [0.25, 0.3) is 0 Å². The first-order valence-corrected chi connectivity index (χ1v) is 9.66. The molecule has 152 valence electrons. The van der Waals surface area contributed by atoms with Crippen molar-refractivity contribution in [1.29, 1.82) is 0 Å². The van der Waals surface area contributed by atoms with Crippen LogP contribution in [0.3, 0.4) is 0 Å². The second-order valence-corrected chi connectivity index (χ2v) is 7.67.